The van der Waals surface area contributed by atoms with Crippen LogP contribution < -0.4 is 10.4 Å². The quantitative estimate of drug-likeness (QED) is 0.792. The van der Waals surface area contributed by atoms with Crippen molar-refractivity contribution in [1.29, 1.82) is 0 Å². The van der Waals surface area contributed by atoms with Crippen LogP contribution in [0, 0.1) is 12.7 Å². The third kappa shape index (κ3) is 2.86. The molecule has 0 N–H and O–H groups in total. The van der Waals surface area contributed by atoms with E-state index < -0.39 is 0 Å². The van der Waals surface area contributed by atoms with Gasteiger partial charge in [0.2, 0.25) is 0 Å². The molecule has 1 saturated heterocycles. The first kappa shape index (κ1) is 16.4. The lowest BCUT2D eigenvalue weighted by atomic mass is 10.2. The number of hydrogen-bond donors (Lipinski definition) is 0. The van der Waals surface area contributed by atoms with Gasteiger partial charge >= 0.3 is 0 Å². The lowest BCUT2D eigenvalue weighted by Crippen LogP contribution is -2.47. The van der Waals surface area contributed by atoms with Crippen LogP contribution in [0.15, 0.2) is 29.4 Å². The lowest BCUT2D eigenvalue weighted by Gasteiger charge is -2.33. The fourth-order valence-corrected chi connectivity index (χ4v) is 2.98. The van der Waals surface area contributed by atoms with Gasteiger partial charge in [-0.3, -0.25) is 9.56 Å². The molecule has 1 aromatic carbocycles. The molecule has 6 heteroatoms. The van der Waals surface area contributed by atoms with Crippen LogP contribution >= 0.6 is 0 Å². The highest BCUT2D eigenvalue weighted by molar-refractivity contribution is 5.79. The van der Waals surface area contributed by atoms with Gasteiger partial charge in [0.15, 0.2) is 11.3 Å². The summed E-state index contributed by atoms with van der Waals surface area (Å²) in [6, 6.07) is 3.27. The minimum absolute atomic E-state index is 0.255. The maximum absolute atomic E-state index is 14.0. The molecule has 1 fully saturated rings. The lowest BCUT2D eigenvalue weighted by molar-refractivity contribution is 0.311. The average Bonchev–Trinajstić information content (AvgIpc) is 2.57. The topological polar surface area (TPSA) is 36.7 Å². The fraction of sp³-hybridized carbons (Fsp3) is 0.389. The number of rotatable bonds is 2. The van der Waals surface area contributed by atoms with Gasteiger partial charge < -0.3 is 9.80 Å². The molecule has 2 aromatic rings. The van der Waals surface area contributed by atoms with Crippen LogP contribution in [0.4, 0.5) is 10.2 Å². The number of likely N-dealkylation sites (N-methyl/N-ethyl adjacent to an activating group) is 1. The Morgan fingerprint density at radius 1 is 1.29 bits per heavy atom. The predicted octanol–water partition coefficient (Wildman–Crippen LogP) is 2.02. The second kappa shape index (κ2) is 6.59. The van der Waals surface area contributed by atoms with Gasteiger partial charge in [0.25, 0.3) is 0 Å². The maximum atomic E-state index is 14.0. The molecule has 0 aliphatic carbocycles. The van der Waals surface area contributed by atoms with Gasteiger partial charge in [0.1, 0.15) is 5.82 Å². The third-order valence-electron chi connectivity index (χ3n) is 4.40. The average molecular weight is 327 g/mol. The normalized spacial score (nSPS) is 16.5. The molecule has 126 valence electrons. The van der Waals surface area contributed by atoms with Crippen LogP contribution in [0.1, 0.15) is 5.56 Å². The molecule has 0 radical (unpaired) electrons. The molecule has 0 bridgehead atoms. The highest BCUT2D eigenvalue weighted by Gasteiger charge is 2.19. The fourth-order valence-electron chi connectivity index (χ4n) is 2.98. The van der Waals surface area contributed by atoms with Gasteiger partial charge in [-0.1, -0.05) is 6.58 Å². The number of hydrogen-bond acceptors (Lipinski definition) is 4. The van der Waals surface area contributed by atoms with Crippen molar-refractivity contribution in [2.24, 2.45) is 4.99 Å². The van der Waals surface area contributed by atoms with Gasteiger partial charge in [-0.2, -0.15) is 0 Å². The van der Waals surface area contributed by atoms with Crippen LogP contribution in [0.3, 0.4) is 0 Å². The number of benzene rings is 1. The summed E-state index contributed by atoms with van der Waals surface area (Å²) >= 11 is 0. The molecule has 0 unspecified atom stereocenters. The van der Waals surface area contributed by atoms with Gasteiger partial charge in [-0.05, 0) is 25.6 Å². The van der Waals surface area contributed by atoms with Crippen LogP contribution in [0.25, 0.3) is 17.2 Å². The zero-order chi connectivity index (χ0) is 17.3. The van der Waals surface area contributed by atoms with Gasteiger partial charge in [-0.25, -0.2) is 9.37 Å². The van der Waals surface area contributed by atoms with Crippen molar-refractivity contribution in [3.63, 3.8) is 0 Å². The molecule has 5 nitrogen and oxygen atoms in total. The van der Waals surface area contributed by atoms with E-state index in [2.05, 4.69) is 34.2 Å². The molecule has 1 aromatic heterocycles. The largest absolute Gasteiger partial charge is 0.351 e. The summed E-state index contributed by atoms with van der Waals surface area (Å²) < 4.78 is 15.9. The SMILES string of the molecule is C=C=Cn1c(=NC)c(N2CCN(C)CC2)nc2cc(F)c(C)cc21. The number of halogens is 1. The summed E-state index contributed by atoms with van der Waals surface area (Å²) in [5.74, 6) is 0.516. The van der Waals surface area contributed by atoms with Crippen LogP contribution in [0.2, 0.25) is 0 Å². The Kier molecular flexibility index (Phi) is 4.51. The van der Waals surface area contributed by atoms with E-state index >= 15 is 0 Å². The van der Waals surface area contributed by atoms with E-state index in [0.717, 1.165) is 43.0 Å². The third-order valence-corrected chi connectivity index (χ3v) is 4.40. The Balaban J connectivity index is 2.29. The smallest absolute Gasteiger partial charge is 0.176 e. The molecule has 24 heavy (non-hydrogen) atoms. The molecule has 2 heterocycles. The molecule has 0 atom stereocenters. The Bertz CT molecular complexity index is 884. The summed E-state index contributed by atoms with van der Waals surface area (Å²) in [5, 5.41) is 0. The minimum Gasteiger partial charge on any atom is -0.351 e. The van der Waals surface area contributed by atoms with E-state index in [1.165, 1.54) is 6.07 Å². The molecule has 1 aliphatic heterocycles. The highest BCUT2D eigenvalue weighted by atomic mass is 19.1. The Morgan fingerprint density at radius 3 is 2.62 bits per heavy atom. The number of aryl methyl sites for hydroxylation is 1. The minimum atomic E-state index is -0.255. The van der Waals surface area contributed by atoms with E-state index in [-0.39, 0.29) is 5.82 Å². The second-order valence-electron chi connectivity index (χ2n) is 6.07. The number of fused-ring (bicyclic) bond motifs is 1. The van der Waals surface area contributed by atoms with Crippen LogP contribution in [-0.2, 0) is 0 Å². The molecule has 3 rings (SSSR count). The van der Waals surface area contributed by atoms with Gasteiger partial charge in [0, 0.05) is 39.3 Å². The standard InChI is InChI=1S/C18H22FN5/c1-5-6-24-16-11-13(2)14(19)12-15(16)21-18(17(24)20-3)23-9-7-22(4)8-10-23/h6,11-12H,1,7-10H2,2-4H3. The van der Waals surface area contributed by atoms with Crippen molar-refractivity contribution in [3.8, 4) is 0 Å². The van der Waals surface area contributed by atoms with Crippen molar-refractivity contribution < 1.29 is 4.39 Å². The molecule has 0 amide bonds. The van der Waals surface area contributed by atoms with Gasteiger partial charge in [-0.15, -0.1) is 5.73 Å². The summed E-state index contributed by atoms with van der Waals surface area (Å²) in [5.41, 5.74) is 5.50. The van der Waals surface area contributed by atoms with E-state index in [4.69, 9.17) is 4.98 Å². The summed E-state index contributed by atoms with van der Waals surface area (Å²) in [6.07, 6.45) is 1.73. The zero-order valence-corrected chi connectivity index (χ0v) is 14.4. The van der Waals surface area contributed by atoms with E-state index in [1.54, 1.807) is 26.2 Å². The van der Waals surface area contributed by atoms with Crippen molar-refractivity contribution in [1.82, 2.24) is 14.5 Å². The van der Waals surface area contributed by atoms with E-state index in [9.17, 15) is 4.39 Å². The maximum Gasteiger partial charge on any atom is 0.176 e. The van der Waals surface area contributed by atoms with Gasteiger partial charge in [0.05, 0.1) is 17.2 Å². The molecule has 1 aliphatic rings. The summed E-state index contributed by atoms with van der Waals surface area (Å²) in [7, 11) is 3.85. The Morgan fingerprint density at radius 2 is 2.00 bits per heavy atom. The van der Waals surface area contributed by atoms with E-state index in [0.29, 0.717) is 11.1 Å². The number of anilines is 1. The molecule has 0 spiro atoms. The molecular weight excluding hydrogens is 305 g/mol. The first-order valence-corrected chi connectivity index (χ1v) is 8.00. The number of nitrogens with zero attached hydrogens (tertiary/aromatic N) is 5. The predicted molar refractivity (Wildman–Crippen MR) is 95.5 cm³/mol. The monoisotopic (exact) mass is 327 g/mol. The Labute approximate surface area is 141 Å². The number of aromatic nitrogens is 2. The van der Waals surface area contributed by atoms with Crippen molar-refractivity contribution in [3.05, 3.63) is 41.3 Å². The first-order valence-electron chi connectivity index (χ1n) is 8.00. The summed E-state index contributed by atoms with van der Waals surface area (Å²) in [4.78, 5) is 13.6. The van der Waals surface area contributed by atoms with Crippen LogP contribution in [-0.4, -0.2) is 54.7 Å². The van der Waals surface area contributed by atoms with Crippen molar-refractivity contribution in [2.45, 2.75) is 6.92 Å². The molecule has 0 saturated carbocycles. The first-order chi connectivity index (χ1) is 11.5. The van der Waals surface area contributed by atoms with Crippen molar-refractivity contribution in [2.75, 3.05) is 45.2 Å². The Hall–Kier alpha value is -2.43. The van der Waals surface area contributed by atoms with Crippen molar-refractivity contribution >= 4 is 23.1 Å². The zero-order valence-electron chi connectivity index (χ0n) is 14.4. The highest BCUT2D eigenvalue weighted by Crippen LogP contribution is 2.20. The summed E-state index contributed by atoms with van der Waals surface area (Å²) in [6.45, 7) is 9.07. The van der Waals surface area contributed by atoms with E-state index in [1.807, 2.05) is 4.57 Å². The number of piperazine rings is 1. The molecular formula is C18H22FN5. The second-order valence-corrected chi connectivity index (χ2v) is 6.07. The van der Waals surface area contributed by atoms with Crippen LogP contribution in [0.5, 0.6) is 0 Å².